The number of nitrogens with zero attached hydrogens (tertiary/aromatic N) is 1. The second-order valence-electron chi connectivity index (χ2n) is 3.90. The Kier molecular flexibility index (Phi) is 3.98. The largest absolute Gasteiger partial charge is 0.386 e. The van der Waals surface area contributed by atoms with E-state index < -0.39 is 0 Å². The van der Waals surface area contributed by atoms with E-state index >= 15 is 0 Å². The maximum Gasteiger partial charge on any atom is 0.260 e. The van der Waals surface area contributed by atoms with E-state index in [-0.39, 0.29) is 12.5 Å². The third-order valence-corrected chi connectivity index (χ3v) is 2.54. The fourth-order valence-electron chi connectivity index (χ4n) is 1.24. The van der Waals surface area contributed by atoms with E-state index in [4.69, 9.17) is 16.4 Å². The van der Waals surface area contributed by atoms with E-state index in [1.807, 2.05) is 12.1 Å². The summed E-state index contributed by atoms with van der Waals surface area (Å²) in [5.41, 5.74) is 0.872. The molecule has 0 spiro atoms. The summed E-state index contributed by atoms with van der Waals surface area (Å²) in [5.74, 6) is -0.124. The molecule has 0 heterocycles. The molecule has 17 heavy (non-hydrogen) atoms. The molecule has 1 aromatic carbocycles. The molecular weight excluding hydrogens is 240 g/mol. The fourth-order valence-corrected chi connectivity index (χ4v) is 1.37. The van der Waals surface area contributed by atoms with Crippen molar-refractivity contribution in [1.29, 1.82) is 0 Å². The van der Waals surface area contributed by atoms with Crippen molar-refractivity contribution in [2.45, 2.75) is 18.9 Å². The Morgan fingerprint density at radius 1 is 1.47 bits per heavy atom. The first-order valence-corrected chi connectivity index (χ1v) is 5.82. The summed E-state index contributed by atoms with van der Waals surface area (Å²) < 4.78 is 0. The minimum atomic E-state index is -0.124. The maximum atomic E-state index is 11.2. The van der Waals surface area contributed by atoms with Gasteiger partial charge in [0.05, 0.1) is 6.21 Å². The van der Waals surface area contributed by atoms with Gasteiger partial charge in [0, 0.05) is 11.1 Å². The van der Waals surface area contributed by atoms with Crippen molar-refractivity contribution in [3.8, 4) is 0 Å². The summed E-state index contributed by atoms with van der Waals surface area (Å²) in [5, 5.41) is 7.19. The van der Waals surface area contributed by atoms with E-state index in [2.05, 4.69) is 10.5 Å². The van der Waals surface area contributed by atoms with Crippen LogP contribution in [-0.4, -0.2) is 24.8 Å². The number of oxime groups is 1. The Labute approximate surface area is 105 Å². The van der Waals surface area contributed by atoms with Gasteiger partial charge in [-0.25, -0.2) is 0 Å². The van der Waals surface area contributed by atoms with Crippen LogP contribution in [0.5, 0.6) is 0 Å². The predicted molar refractivity (Wildman–Crippen MR) is 66.2 cm³/mol. The number of amides is 1. The highest BCUT2D eigenvalue weighted by molar-refractivity contribution is 6.30. The Morgan fingerprint density at radius 2 is 2.18 bits per heavy atom. The molecule has 1 fully saturated rings. The average Bonchev–Trinajstić information content (AvgIpc) is 3.11. The van der Waals surface area contributed by atoms with Crippen LogP contribution in [0.1, 0.15) is 18.4 Å². The van der Waals surface area contributed by atoms with Crippen molar-refractivity contribution in [1.82, 2.24) is 5.32 Å². The van der Waals surface area contributed by atoms with Crippen LogP contribution >= 0.6 is 11.6 Å². The Morgan fingerprint density at radius 3 is 2.82 bits per heavy atom. The van der Waals surface area contributed by atoms with Gasteiger partial charge >= 0.3 is 0 Å². The minimum Gasteiger partial charge on any atom is -0.386 e. The third kappa shape index (κ3) is 4.44. The molecule has 5 heteroatoms. The number of nitrogens with one attached hydrogen (secondary N) is 1. The summed E-state index contributed by atoms with van der Waals surface area (Å²) in [6.07, 6.45) is 3.68. The number of hydrogen-bond donors (Lipinski definition) is 1. The molecule has 1 saturated carbocycles. The highest BCUT2D eigenvalue weighted by Crippen LogP contribution is 2.18. The smallest absolute Gasteiger partial charge is 0.260 e. The molecule has 2 rings (SSSR count). The van der Waals surface area contributed by atoms with Gasteiger partial charge in [0.25, 0.3) is 5.91 Å². The number of hydrogen-bond acceptors (Lipinski definition) is 3. The average molecular weight is 253 g/mol. The first-order valence-electron chi connectivity index (χ1n) is 5.44. The van der Waals surface area contributed by atoms with Crippen molar-refractivity contribution in [3.63, 3.8) is 0 Å². The van der Waals surface area contributed by atoms with Crippen LogP contribution in [0, 0.1) is 0 Å². The molecule has 0 bridgehead atoms. The number of benzene rings is 1. The summed E-state index contributed by atoms with van der Waals surface area (Å²) in [6, 6.07) is 7.52. The zero-order chi connectivity index (χ0) is 12.1. The summed E-state index contributed by atoms with van der Waals surface area (Å²) in [6.45, 7) is -0.0411. The highest BCUT2D eigenvalue weighted by Gasteiger charge is 2.23. The molecule has 1 aromatic rings. The zero-order valence-corrected chi connectivity index (χ0v) is 9.98. The van der Waals surface area contributed by atoms with Gasteiger partial charge < -0.3 is 10.2 Å². The van der Waals surface area contributed by atoms with Crippen molar-refractivity contribution in [3.05, 3.63) is 34.9 Å². The lowest BCUT2D eigenvalue weighted by molar-refractivity contribution is -0.125. The van der Waals surface area contributed by atoms with Crippen LogP contribution in [0.25, 0.3) is 0 Å². The molecule has 0 atom stereocenters. The molecule has 0 unspecified atom stereocenters. The normalized spacial score (nSPS) is 14.9. The molecule has 4 nitrogen and oxygen atoms in total. The Balaban J connectivity index is 1.69. The standard InChI is InChI=1S/C12H13ClN2O2/c13-10-3-1-9(2-4-10)7-14-17-8-12(16)15-11-5-6-11/h1-4,7,11H,5-6,8H2,(H,15,16)/b14-7-. The number of carbonyl (C=O) groups excluding carboxylic acids is 1. The van der Waals surface area contributed by atoms with E-state index in [1.165, 1.54) is 0 Å². The van der Waals surface area contributed by atoms with Gasteiger partial charge in [-0.2, -0.15) is 0 Å². The fraction of sp³-hybridized carbons (Fsp3) is 0.333. The van der Waals surface area contributed by atoms with Crippen LogP contribution in [0.2, 0.25) is 5.02 Å². The molecular formula is C12H13ClN2O2. The Bertz CT molecular complexity index is 413. The summed E-state index contributed by atoms with van der Waals surface area (Å²) in [4.78, 5) is 16.1. The molecule has 0 saturated heterocycles. The maximum absolute atomic E-state index is 11.2. The predicted octanol–water partition coefficient (Wildman–Crippen LogP) is 1.97. The minimum absolute atomic E-state index is 0.0411. The van der Waals surface area contributed by atoms with Crippen molar-refractivity contribution in [2.75, 3.05) is 6.61 Å². The van der Waals surface area contributed by atoms with Gasteiger partial charge in [-0.3, -0.25) is 4.79 Å². The lowest BCUT2D eigenvalue weighted by atomic mass is 10.2. The van der Waals surface area contributed by atoms with Crippen LogP contribution in [0.3, 0.4) is 0 Å². The molecule has 0 radical (unpaired) electrons. The topological polar surface area (TPSA) is 50.7 Å². The molecule has 0 aromatic heterocycles. The molecule has 90 valence electrons. The van der Waals surface area contributed by atoms with E-state index in [1.54, 1.807) is 18.3 Å². The van der Waals surface area contributed by atoms with Gasteiger partial charge in [-0.05, 0) is 30.5 Å². The van der Waals surface area contributed by atoms with Gasteiger partial charge in [0.15, 0.2) is 6.61 Å². The van der Waals surface area contributed by atoms with E-state index in [9.17, 15) is 4.79 Å². The van der Waals surface area contributed by atoms with Crippen LogP contribution in [0.15, 0.2) is 29.4 Å². The molecule has 1 aliphatic carbocycles. The lowest BCUT2D eigenvalue weighted by Crippen LogP contribution is -2.28. The number of rotatable bonds is 5. The van der Waals surface area contributed by atoms with Gasteiger partial charge in [0.1, 0.15) is 0 Å². The number of carbonyl (C=O) groups is 1. The molecule has 1 N–H and O–H groups in total. The Hall–Kier alpha value is -1.55. The zero-order valence-electron chi connectivity index (χ0n) is 9.23. The van der Waals surface area contributed by atoms with Crippen LogP contribution < -0.4 is 5.32 Å². The second kappa shape index (κ2) is 5.68. The van der Waals surface area contributed by atoms with Gasteiger partial charge in [-0.15, -0.1) is 0 Å². The van der Waals surface area contributed by atoms with Crippen LogP contribution in [0.4, 0.5) is 0 Å². The second-order valence-corrected chi connectivity index (χ2v) is 4.34. The van der Waals surface area contributed by atoms with Crippen LogP contribution in [-0.2, 0) is 9.63 Å². The van der Waals surface area contributed by atoms with Crippen molar-refractivity contribution < 1.29 is 9.63 Å². The summed E-state index contributed by atoms with van der Waals surface area (Å²) >= 11 is 5.74. The van der Waals surface area contributed by atoms with Gasteiger partial charge in [-0.1, -0.05) is 28.9 Å². The quantitative estimate of drug-likeness (QED) is 0.643. The molecule has 0 aliphatic heterocycles. The van der Waals surface area contributed by atoms with Gasteiger partial charge in [0.2, 0.25) is 0 Å². The van der Waals surface area contributed by atoms with Crippen molar-refractivity contribution in [2.24, 2.45) is 5.16 Å². The first kappa shape index (κ1) is 11.9. The van der Waals surface area contributed by atoms with Crippen molar-refractivity contribution >= 4 is 23.7 Å². The third-order valence-electron chi connectivity index (χ3n) is 2.28. The SMILES string of the molecule is O=C(CO/N=C\c1ccc(Cl)cc1)NC1CC1. The van der Waals surface area contributed by atoms with E-state index in [0.717, 1.165) is 18.4 Å². The van der Waals surface area contributed by atoms with E-state index in [0.29, 0.717) is 11.1 Å². The monoisotopic (exact) mass is 252 g/mol. The lowest BCUT2D eigenvalue weighted by Gasteiger charge is -2.00. The summed E-state index contributed by atoms with van der Waals surface area (Å²) in [7, 11) is 0. The first-order chi connectivity index (χ1) is 8.24. The highest BCUT2D eigenvalue weighted by atomic mass is 35.5. The molecule has 1 amide bonds. The molecule has 1 aliphatic rings. The number of halogens is 1.